The highest BCUT2D eigenvalue weighted by Crippen LogP contribution is 2.23. The quantitative estimate of drug-likeness (QED) is 0.767. The molecule has 2 N–H and O–H groups in total. The highest BCUT2D eigenvalue weighted by Gasteiger charge is 2.08. The van der Waals surface area contributed by atoms with Gasteiger partial charge < -0.3 is 5.32 Å². The number of benzene rings is 1. The van der Waals surface area contributed by atoms with Gasteiger partial charge in [0.25, 0.3) is 0 Å². The maximum atomic E-state index is 11.3. The summed E-state index contributed by atoms with van der Waals surface area (Å²) in [5, 5.41) is 7.53. The standard InChI is InChI=1S/C15H17N5O2S/c1-10-4-7-14-17-15(18-20(14)9-10)16-13-6-5-12(8-11(13)2)19-23(3,21)22/h4-9,19H,1-3H3,(H,16,18). The Morgan fingerprint density at radius 3 is 2.61 bits per heavy atom. The van der Waals surface area contributed by atoms with E-state index in [0.717, 1.165) is 28.7 Å². The van der Waals surface area contributed by atoms with Crippen LogP contribution in [0, 0.1) is 13.8 Å². The average Bonchev–Trinajstić information content (AvgIpc) is 2.81. The molecule has 3 rings (SSSR count). The van der Waals surface area contributed by atoms with Crippen LogP contribution in [0.15, 0.2) is 36.5 Å². The van der Waals surface area contributed by atoms with Crippen LogP contribution < -0.4 is 10.0 Å². The first-order valence-corrected chi connectivity index (χ1v) is 8.88. The van der Waals surface area contributed by atoms with Crippen molar-refractivity contribution in [3.63, 3.8) is 0 Å². The number of rotatable bonds is 4. The molecule has 0 fully saturated rings. The van der Waals surface area contributed by atoms with Crippen LogP contribution in [0.2, 0.25) is 0 Å². The molecule has 23 heavy (non-hydrogen) atoms. The Hall–Kier alpha value is -2.61. The van der Waals surface area contributed by atoms with Gasteiger partial charge >= 0.3 is 0 Å². The molecule has 2 heterocycles. The highest BCUT2D eigenvalue weighted by atomic mass is 32.2. The molecule has 0 bridgehead atoms. The van der Waals surface area contributed by atoms with Crippen LogP contribution in [0.4, 0.5) is 17.3 Å². The third-order valence-electron chi connectivity index (χ3n) is 3.25. The average molecular weight is 331 g/mol. The van der Waals surface area contributed by atoms with Gasteiger partial charge in [0.15, 0.2) is 5.65 Å². The van der Waals surface area contributed by atoms with Crippen molar-refractivity contribution in [1.82, 2.24) is 14.6 Å². The van der Waals surface area contributed by atoms with Crippen molar-refractivity contribution in [2.75, 3.05) is 16.3 Å². The van der Waals surface area contributed by atoms with E-state index in [1.165, 1.54) is 0 Å². The van der Waals surface area contributed by atoms with Crippen molar-refractivity contribution in [1.29, 1.82) is 0 Å². The second kappa shape index (κ2) is 5.54. The van der Waals surface area contributed by atoms with Crippen LogP contribution in [0.5, 0.6) is 0 Å². The van der Waals surface area contributed by atoms with Crippen LogP contribution in [0.3, 0.4) is 0 Å². The van der Waals surface area contributed by atoms with Crippen LogP contribution in [-0.2, 0) is 10.0 Å². The molecular formula is C15H17N5O2S. The van der Waals surface area contributed by atoms with Gasteiger partial charge in [-0.15, -0.1) is 5.10 Å². The molecule has 0 aliphatic carbocycles. The van der Waals surface area contributed by atoms with E-state index in [2.05, 4.69) is 20.1 Å². The van der Waals surface area contributed by atoms with Crippen molar-refractivity contribution in [2.24, 2.45) is 0 Å². The molecule has 120 valence electrons. The van der Waals surface area contributed by atoms with E-state index in [-0.39, 0.29) is 0 Å². The summed E-state index contributed by atoms with van der Waals surface area (Å²) >= 11 is 0. The van der Waals surface area contributed by atoms with Crippen LogP contribution in [-0.4, -0.2) is 29.3 Å². The molecule has 3 aromatic rings. The van der Waals surface area contributed by atoms with E-state index in [1.54, 1.807) is 22.7 Å². The molecule has 0 atom stereocenters. The lowest BCUT2D eigenvalue weighted by molar-refractivity contribution is 0.607. The zero-order valence-electron chi connectivity index (χ0n) is 13.0. The summed E-state index contributed by atoms with van der Waals surface area (Å²) in [5.41, 5.74) is 4.08. The number of nitrogens with zero attached hydrogens (tertiary/aromatic N) is 3. The van der Waals surface area contributed by atoms with Gasteiger partial charge in [-0.1, -0.05) is 6.07 Å². The van der Waals surface area contributed by atoms with Gasteiger partial charge in [-0.3, -0.25) is 4.72 Å². The lowest BCUT2D eigenvalue weighted by Gasteiger charge is -2.09. The zero-order chi connectivity index (χ0) is 16.6. The van der Waals surface area contributed by atoms with Gasteiger partial charge in [-0.2, -0.15) is 4.98 Å². The van der Waals surface area contributed by atoms with E-state index < -0.39 is 10.0 Å². The molecule has 0 unspecified atom stereocenters. The van der Waals surface area contributed by atoms with Crippen LogP contribution in [0.1, 0.15) is 11.1 Å². The molecule has 0 spiro atoms. The number of anilines is 3. The van der Waals surface area contributed by atoms with Crippen molar-refractivity contribution >= 4 is 33.0 Å². The Morgan fingerprint density at radius 2 is 1.91 bits per heavy atom. The third kappa shape index (κ3) is 3.59. The minimum atomic E-state index is -3.29. The molecular weight excluding hydrogens is 314 g/mol. The van der Waals surface area contributed by atoms with Gasteiger partial charge in [-0.25, -0.2) is 12.9 Å². The van der Waals surface area contributed by atoms with Gasteiger partial charge in [-0.05, 0) is 49.2 Å². The maximum absolute atomic E-state index is 11.3. The Bertz CT molecular complexity index is 979. The number of aromatic nitrogens is 3. The van der Waals surface area contributed by atoms with E-state index in [4.69, 9.17) is 0 Å². The van der Waals surface area contributed by atoms with E-state index in [1.807, 2.05) is 32.2 Å². The molecule has 0 radical (unpaired) electrons. The fourth-order valence-electron chi connectivity index (χ4n) is 2.24. The number of aryl methyl sites for hydroxylation is 2. The summed E-state index contributed by atoms with van der Waals surface area (Å²) in [6, 6.07) is 9.11. The van der Waals surface area contributed by atoms with E-state index >= 15 is 0 Å². The molecule has 0 saturated carbocycles. The van der Waals surface area contributed by atoms with E-state index in [0.29, 0.717) is 11.6 Å². The Labute approximate surface area is 134 Å². The van der Waals surface area contributed by atoms with Gasteiger partial charge in [0.2, 0.25) is 16.0 Å². The number of sulfonamides is 1. The molecule has 0 amide bonds. The molecule has 0 saturated heterocycles. The van der Waals surface area contributed by atoms with Gasteiger partial charge in [0.05, 0.1) is 6.26 Å². The summed E-state index contributed by atoms with van der Waals surface area (Å²) in [4.78, 5) is 4.40. The van der Waals surface area contributed by atoms with Gasteiger partial charge in [0.1, 0.15) is 0 Å². The first kappa shape index (κ1) is 15.3. The summed E-state index contributed by atoms with van der Waals surface area (Å²) in [6.45, 7) is 3.88. The van der Waals surface area contributed by atoms with Crippen LogP contribution >= 0.6 is 0 Å². The predicted molar refractivity (Wildman–Crippen MR) is 90.7 cm³/mol. The first-order valence-electron chi connectivity index (χ1n) is 6.99. The minimum Gasteiger partial charge on any atom is -0.323 e. The highest BCUT2D eigenvalue weighted by molar-refractivity contribution is 7.92. The van der Waals surface area contributed by atoms with Crippen molar-refractivity contribution in [3.8, 4) is 0 Å². The second-order valence-corrected chi connectivity index (χ2v) is 7.22. The number of nitrogens with one attached hydrogen (secondary N) is 2. The molecule has 1 aromatic carbocycles. The SMILES string of the molecule is Cc1ccc2nc(Nc3ccc(NS(C)(=O)=O)cc3C)nn2c1. The predicted octanol–water partition coefficient (Wildman–Crippen LogP) is 2.46. The molecule has 0 aliphatic heterocycles. The molecule has 8 heteroatoms. The number of hydrogen-bond donors (Lipinski definition) is 2. The summed E-state index contributed by atoms with van der Waals surface area (Å²) < 4.78 is 26.7. The molecule has 2 aromatic heterocycles. The Balaban J connectivity index is 1.86. The topological polar surface area (TPSA) is 88.4 Å². The fraction of sp³-hybridized carbons (Fsp3) is 0.200. The Morgan fingerprint density at radius 1 is 1.13 bits per heavy atom. The zero-order valence-corrected chi connectivity index (χ0v) is 13.8. The number of hydrogen-bond acceptors (Lipinski definition) is 5. The van der Waals surface area contributed by atoms with Crippen molar-refractivity contribution < 1.29 is 8.42 Å². The van der Waals surface area contributed by atoms with Crippen molar-refractivity contribution in [2.45, 2.75) is 13.8 Å². The summed E-state index contributed by atoms with van der Waals surface area (Å²) in [7, 11) is -3.29. The lowest BCUT2D eigenvalue weighted by atomic mass is 10.2. The number of fused-ring (bicyclic) bond motifs is 1. The van der Waals surface area contributed by atoms with Gasteiger partial charge in [0, 0.05) is 17.6 Å². The lowest BCUT2D eigenvalue weighted by Crippen LogP contribution is -2.09. The minimum absolute atomic E-state index is 0.488. The van der Waals surface area contributed by atoms with Crippen LogP contribution in [0.25, 0.3) is 5.65 Å². The fourth-order valence-corrected chi connectivity index (χ4v) is 2.80. The third-order valence-corrected chi connectivity index (χ3v) is 3.86. The second-order valence-electron chi connectivity index (χ2n) is 5.47. The van der Waals surface area contributed by atoms with Crippen molar-refractivity contribution in [3.05, 3.63) is 47.7 Å². The maximum Gasteiger partial charge on any atom is 0.247 e. The van der Waals surface area contributed by atoms with E-state index in [9.17, 15) is 8.42 Å². The Kier molecular flexibility index (Phi) is 3.69. The smallest absolute Gasteiger partial charge is 0.247 e. The largest absolute Gasteiger partial charge is 0.323 e. The summed E-state index contributed by atoms with van der Waals surface area (Å²) in [6.07, 6.45) is 3.02. The molecule has 0 aliphatic rings. The summed E-state index contributed by atoms with van der Waals surface area (Å²) in [5.74, 6) is 0.488. The number of pyridine rings is 1. The first-order chi connectivity index (χ1) is 10.8. The normalized spacial score (nSPS) is 11.6. The molecule has 7 nitrogen and oxygen atoms in total. The monoisotopic (exact) mass is 331 g/mol.